The van der Waals surface area contributed by atoms with Gasteiger partial charge in [-0.05, 0) is 45.8 Å². The van der Waals surface area contributed by atoms with Crippen molar-refractivity contribution >= 4 is 36.1 Å². The van der Waals surface area contributed by atoms with Gasteiger partial charge < -0.3 is 4.43 Å². The Labute approximate surface area is 125 Å². The van der Waals surface area contributed by atoms with E-state index in [2.05, 4.69) is 39.9 Å². The van der Waals surface area contributed by atoms with Crippen molar-refractivity contribution in [3.63, 3.8) is 0 Å². The topological polar surface area (TPSA) is 32.5 Å². The summed E-state index contributed by atoms with van der Waals surface area (Å²) in [7, 11) is 3.28. The molecule has 1 N–H and O–H groups in total. The second-order valence-electron chi connectivity index (χ2n) is 6.12. The summed E-state index contributed by atoms with van der Waals surface area (Å²) in [6.07, 6.45) is 5.78. The maximum absolute atomic E-state index is 9.14. The minimum atomic E-state index is -1.67. The largest absolute Gasteiger partial charge is 0.412 e. The van der Waals surface area contributed by atoms with Crippen molar-refractivity contribution in [2.24, 2.45) is 0 Å². The zero-order valence-electron chi connectivity index (χ0n) is 12.6. The summed E-state index contributed by atoms with van der Waals surface area (Å²) in [5, 5.41) is 9.39. The highest BCUT2D eigenvalue weighted by Gasteiger charge is 2.37. The van der Waals surface area contributed by atoms with Crippen molar-refractivity contribution in [3.8, 4) is 0 Å². The fraction of sp³-hybridized carbons (Fsp3) is 0.615. The smallest absolute Gasteiger partial charge is 0.229 e. The zero-order chi connectivity index (χ0) is 14.7. The second kappa shape index (κ2) is 6.52. The summed E-state index contributed by atoms with van der Waals surface area (Å²) in [5.41, 5.74) is 0. The summed E-state index contributed by atoms with van der Waals surface area (Å²) in [6, 6.07) is 0. The highest BCUT2D eigenvalue weighted by atomic mass is 33.1. The SMILES string of the molecule is C[N+](O)=CC1=CC=C(CO[Si](C)(C)C(C)(C)C)SS1. The third-order valence-electron chi connectivity index (χ3n) is 3.37. The average molecular weight is 319 g/mol. The molecule has 6 heteroatoms. The van der Waals surface area contributed by atoms with Gasteiger partial charge in [-0.2, -0.15) is 0 Å². The Hall–Kier alpha value is -0.173. The number of hydroxylamine groups is 1. The number of nitrogens with zero attached hydrogens (tertiary/aromatic N) is 1. The van der Waals surface area contributed by atoms with E-state index in [9.17, 15) is 0 Å². The van der Waals surface area contributed by atoms with E-state index in [1.54, 1.807) is 34.9 Å². The quantitative estimate of drug-likeness (QED) is 0.209. The van der Waals surface area contributed by atoms with Crippen LogP contribution in [0.1, 0.15) is 20.8 Å². The molecule has 0 fully saturated rings. The Morgan fingerprint density at radius 2 is 1.95 bits per heavy atom. The van der Waals surface area contributed by atoms with Gasteiger partial charge in [0.1, 0.15) is 0 Å². The molecule has 0 unspecified atom stereocenters. The van der Waals surface area contributed by atoms with Crippen LogP contribution in [-0.2, 0) is 4.43 Å². The Kier molecular flexibility index (Phi) is 5.79. The number of allylic oxidation sites excluding steroid dienone is 3. The molecule has 0 aliphatic carbocycles. The first-order valence-electron chi connectivity index (χ1n) is 6.28. The molecule has 19 heavy (non-hydrogen) atoms. The van der Waals surface area contributed by atoms with Crippen LogP contribution in [-0.4, -0.2) is 38.1 Å². The Bertz CT molecular complexity index is 419. The third kappa shape index (κ3) is 5.37. The van der Waals surface area contributed by atoms with Crippen molar-refractivity contribution in [2.75, 3.05) is 13.7 Å². The molecule has 1 aliphatic heterocycles. The van der Waals surface area contributed by atoms with Gasteiger partial charge in [-0.25, -0.2) is 0 Å². The van der Waals surface area contributed by atoms with E-state index < -0.39 is 8.32 Å². The van der Waals surface area contributed by atoms with Crippen LogP contribution in [0.4, 0.5) is 0 Å². The monoisotopic (exact) mass is 318 g/mol. The standard InChI is InChI=1S/C13H24NO2S2Si/c1-13(2,3)19(5,6)16-10-12-8-7-11(17-18-12)9-14(4)15/h7-9,15H,10H2,1-6H3/q+1. The molecule has 0 aromatic rings. The van der Waals surface area contributed by atoms with Gasteiger partial charge in [0.15, 0.2) is 15.4 Å². The summed E-state index contributed by atoms with van der Waals surface area (Å²) in [5.74, 6) is 0. The zero-order valence-corrected chi connectivity index (χ0v) is 15.2. The molecule has 0 aromatic heterocycles. The van der Waals surface area contributed by atoms with E-state index in [0.29, 0.717) is 6.61 Å². The van der Waals surface area contributed by atoms with Gasteiger partial charge >= 0.3 is 0 Å². The lowest BCUT2D eigenvalue weighted by Gasteiger charge is -2.36. The molecule has 0 aromatic carbocycles. The maximum Gasteiger partial charge on any atom is 0.229 e. The maximum atomic E-state index is 9.14. The lowest BCUT2D eigenvalue weighted by molar-refractivity contribution is -0.750. The summed E-state index contributed by atoms with van der Waals surface area (Å²) in [6.45, 7) is 12.0. The first-order valence-corrected chi connectivity index (χ1v) is 11.3. The third-order valence-corrected chi connectivity index (χ3v) is 10.3. The van der Waals surface area contributed by atoms with E-state index in [1.165, 1.54) is 4.91 Å². The lowest BCUT2D eigenvalue weighted by atomic mass is 10.2. The summed E-state index contributed by atoms with van der Waals surface area (Å²) >= 11 is 0. The minimum absolute atomic E-state index is 0.244. The predicted octanol–water partition coefficient (Wildman–Crippen LogP) is 4.27. The first kappa shape index (κ1) is 16.9. The van der Waals surface area contributed by atoms with Crippen LogP contribution in [0.5, 0.6) is 0 Å². The van der Waals surface area contributed by atoms with Gasteiger partial charge in [0.05, 0.1) is 11.5 Å². The number of hydrogen-bond donors (Lipinski definition) is 1. The van der Waals surface area contributed by atoms with E-state index in [-0.39, 0.29) is 5.04 Å². The van der Waals surface area contributed by atoms with Crippen LogP contribution in [0.2, 0.25) is 18.1 Å². The van der Waals surface area contributed by atoms with Gasteiger partial charge in [-0.3, -0.25) is 5.21 Å². The summed E-state index contributed by atoms with van der Waals surface area (Å²) in [4.78, 5) is 2.26. The molecule has 0 saturated carbocycles. The van der Waals surface area contributed by atoms with Gasteiger partial charge in [0, 0.05) is 4.91 Å². The van der Waals surface area contributed by atoms with Crippen LogP contribution in [0, 0.1) is 0 Å². The molecule has 3 nitrogen and oxygen atoms in total. The Morgan fingerprint density at radius 1 is 1.32 bits per heavy atom. The molecule has 0 amide bonds. The van der Waals surface area contributed by atoms with Gasteiger partial charge in [0.2, 0.25) is 6.21 Å². The first-order chi connectivity index (χ1) is 8.62. The molecule has 1 heterocycles. The summed E-state index contributed by atoms with van der Waals surface area (Å²) < 4.78 is 7.26. The number of hydrogen-bond acceptors (Lipinski definition) is 4. The average Bonchev–Trinajstić information content (AvgIpc) is 2.26. The van der Waals surface area contributed by atoms with Crippen LogP contribution in [0.3, 0.4) is 0 Å². The van der Waals surface area contributed by atoms with Gasteiger partial charge in [-0.1, -0.05) is 31.6 Å². The van der Waals surface area contributed by atoms with Crippen LogP contribution < -0.4 is 0 Å². The highest BCUT2D eigenvalue weighted by Crippen LogP contribution is 2.41. The molecule has 0 radical (unpaired) electrons. The molecule has 108 valence electrons. The van der Waals surface area contributed by atoms with E-state index in [1.807, 2.05) is 6.08 Å². The fourth-order valence-corrected chi connectivity index (χ4v) is 4.14. The number of rotatable bonds is 4. The molecule has 1 aliphatic rings. The van der Waals surface area contributed by atoms with E-state index in [0.717, 1.165) is 9.64 Å². The van der Waals surface area contributed by atoms with Crippen LogP contribution in [0.15, 0.2) is 22.0 Å². The molecule has 0 bridgehead atoms. The van der Waals surface area contributed by atoms with Crippen LogP contribution in [0.25, 0.3) is 0 Å². The van der Waals surface area contributed by atoms with Crippen molar-refractivity contribution in [3.05, 3.63) is 22.0 Å². The van der Waals surface area contributed by atoms with Crippen molar-refractivity contribution in [1.82, 2.24) is 0 Å². The van der Waals surface area contributed by atoms with Crippen LogP contribution >= 0.6 is 21.6 Å². The molecular weight excluding hydrogens is 294 g/mol. The van der Waals surface area contributed by atoms with Gasteiger partial charge in [-0.15, -0.1) is 0 Å². The van der Waals surface area contributed by atoms with Gasteiger partial charge in [0.25, 0.3) is 0 Å². The normalized spacial score (nSPS) is 18.1. The molecule has 1 rings (SSSR count). The Balaban J connectivity index is 2.60. The molecule has 0 spiro atoms. The molecular formula is C13H24NO2S2Si+. The fourth-order valence-electron chi connectivity index (χ4n) is 1.12. The lowest BCUT2D eigenvalue weighted by Crippen LogP contribution is -2.41. The van der Waals surface area contributed by atoms with Crippen molar-refractivity contribution in [2.45, 2.75) is 38.9 Å². The Morgan fingerprint density at radius 3 is 2.37 bits per heavy atom. The second-order valence-corrected chi connectivity index (χ2v) is 13.3. The predicted molar refractivity (Wildman–Crippen MR) is 88.5 cm³/mol. The van der Waals surface area contributed by atoms with Crippen molar-refractivity contribution in [1.29, 1.82) is 0 Å². The van der Waals surface area contributed by atoms with E-state index >= 15 is 0 Å². The molecule has 0 atom stereocenters. The highest BCUT2D eigenvalue weighted by molar-refractivity contribution is 8.79. The molecule has 0 saturated heterocycles. The van der Waals surface area contributed by atoms with Crippen molar-refractivity contribution < 1.29 is 14.4 Å². The van der Waals surface area contributed by atoms with E-state index in [4.69, 9.17) is 9.63 Å². The minimum Gasteiger partial charge on any atom is -0.412 e.